The van der Waals surface area contributed by atoms with Crippen LogP contribution in [0, 0.1) is 5.41 Å². The molecule has 2 nitrogen and oxygen atoms in total. The first kappa shape index (κ1) is 11.6. The van der Waals surface area contributed by atoms with Gasteiger partial charge in [0.15, 0.2) is 0 Å². The van der Waals surface area contributed by atoms with Crippen LogP contribution in [0.25, 0.3) is 10.9 Å². The summed E-state index contributed by atoms with van der Waals surface area (Å²) < 4.78 is 4.38. The number of nitrogens with zero attached hydrogens (tertiary/aromatic N) is 1. The molecule has 0 aliphatic carbocycles. The minimum Gasteiger partial charge on any atom is -0.392 e. The highest BCUT2D eigenvalue weighted by atomic mass is 32.1. The summed E-state index contributed by atoms with van der Waals surface area (Å²) in [6.45, 7) is 6.17. The van der Waals surface area contributed by atoms with Gasteiger partial charge < -0.3 is 5.11 Å². The van der Waals surface area contributed by atoms with Gasteiger partial charge in [-0.3, -0.25) is 0 Å². The van der Waals surface area contributed by atoms with E-state index in [0.29, 0.717) is 6.42 Å². The summed E-state index contributed by atoms with van der Waals surface area (Å²) >= 11 is 1.50. The van der Waals surface area contributed by atoms with E-state index >= 15 is 0 Å². The summed E-state index contributed by atoms with van der Waals surface area (Å²) in [5.41, 5.74) is 0.953. The molecule has 0 aliphatic heterocycles. The van der Waals surface area contributed by atoms with E-state index in [4.69, 9.17) is 0 Å². The van der Waals surface area contributed by atoms with Gasteiger partial charge in [-0.05, 0) is 23.0 Å². The van der Waals surface area contributed by atoms with Crippen molar-refractivity contribution in [3.63, 3.8) is 0 Å². The van der Waals surface area contributed by atoms with Crippen molar-refractivity contribution in [1.29, 1.82) is 0 Å². The Morgan fingerprint density at radius 2 is 2.00 bits per heavy atom. The van der Waals surface area contributed by atoms with Crippen LogP contribution >= 0.6 is 11.5 Å². The largest absolute Gasteiger partial charge is 0.392 e. The van der Waals surface area contributed by atoms with Crippen molar-refractivity contribution in [2.24, 2.45) is 5.41 Å². The summed E-state index contributed by atoms with van der Waals surface area (Å²) in [7, 11) is 0. The molecule has 0 saturated heterocycles. The standard InChI is InChI=1S/C13H17NOS/c1-13(2,3)12(15)8-11-9-6-4-5-7-10(9)14-16-11/h4-7,12,15H,8H2,1-3H3. The van der Waals surface area contributed by atoms with Crippen LogP contribution in [-0.2, 0) is 6.42 Å². The van der Waals surface area contributed by atoms with Crippen LogP contribution in [0.2, 0.25) is 0 Å². The smallest absolute Gasteiger partial charge is 0.0843 e. The van der Waals surface area contributed by atoms with E-state index in [2.05, 4.69) is 31.2 Å². The Morgan fingerprint density at radius 3 is 2.69 bits per heavy atom. The van der Waals surface area contributed by atoms with E-state index in [-0.39, 0.29) is 11.5 Å². The van der Waals surface area contributed by atoms with Gasteiger partial charge in [-0.1, -0.05) is 39.0 Å². The van der Waals surface area contributed by atoms with Gasteiger partial charge in [0.05, 0.1) is 11.6 Å². The lowest BCUT2D eigenvalue weighted by Crippen LogP contribution is -2.27. The minimum absolute atomic E-state index is 0.0783. The van der Waals surface area contributed by atoms with Gasteiger partial charge in [-0.2, -0.15) is 4.37 Å². The third kappa shape index (κ3) is 2.25. The molecule has 1 heterocycles. The Labute approximate surface area is 100 Å². The van der Waals surface area contributed by atoms with Crippen molar-refractivity contribution in [3.8, 4) is 0 Å². The molecule has 2 rings (SSSR count). The average molecular weight is 235 g/mol. The molecule has 86 valence electrons. The fourth-order valence-corrected chi connectivity index (χ4v) is 2.44. The Balaban J connectivity index is 2.28. The van der Waals surface area contributed by atoms with E-state index in [1.807, 2.05) is 18.2 Å². The third-order valence-corrected chi connectivity index (χ3v) is 3.73. The van der Waals surface area contributed by atoms with Gasteiger partial charge in [-0.15, -0.1) is 0 Å². The Morgan fingerprint density at radius 1 is 1.31 bits per heavy atom. The van der Waals surface area contributed by atoms with Gasteiger partial charge in [-0.25, -0.2) is 0 Å². The average Bonchev–Trinajstić information content (AvgIpc) is 2.61. The Bertz CT molecular complexity index is 484. The van der Waals surface area contributed by atoms with Crippen molar-refractivity contribution in [2.45, 2.75) is 33.3 Å². The molecule has 3 heteroatoms. The second-order valence-electron chi connectivity index (χ2n) is 5.21. The molecule has 0 radical (unpaired) electrons. The lowest BCUT2D eigenvalue weighted by molar-refractivity contribution is 0.0645. The Kier molecular flexibility index (Phi) is 3.00. The Hall–Kier alpha value is -0.930. The van der Waals surface area contributed by atoms with Crippen LogP contribution in [-0.4, -0.2) is 15.6 Å². The molecular formula is C13H17NOS. The van der Waals surface area contributed by atoms with E-state index in [1.165, 1.54) is 21.8 Å². The van der Waals surface area contributed by atoms with Crippen molar-refractivity contribution in [1.82, 2.24) is 4.37 Å². The van der Waals surface area contributed by atoms with Crippen molar-refractivity contribution >= 4 is 22.4 Å². The molecule has 0 spiro atoms. The summed E-state index contributed by atoms with van der Waals surface area (Å²) in [5.74, 6) is 0. The van der Waals surface area contributed by atoms with Crippen LogP contribution in [0.1, 0.15) is 25.6 Å². The van der Waals surface area contributed by atoms with E-state index < -0.39 is 0 Å². The number of aromatic nitrogens is 1. The zero-order chi connectivity index (χ0) is 11.8. The number of rotatable bonds is 2. The second kappa shape index (κ2) is 4.15. The first-order valence-electron chi connectivity index (χ1n) is 5.50. The number of aliphatic hydroxyl groups excluding tert-OH is 1. The zero-order valence-corrected chi connectivity index (χ0v) is 10.7. The zero-order valence-electron chi connectivity index (χ0n) is 9.90. The van der Waals surface area contributed by atoms with E-state index in [1.54, 1.807) is 0 Å². The molecule has 0 amide bonds. The summed E-state index contributed by atoms with van der Waals surface area (Å²) in [6, 6.07) is 8.10. The highest BCUT2D eigenvalue weighted by molar-refractivity contribution is 7.07. The van der Waals surface area contributed by atoms with Crippen molar-refractivity contribution in [2.75, 3.05) is 0 Å². The van der Waals surface area contributed by atoms with Crippen LogP contribution in [0.15, 0.2) is 24.3 Å². The third-order valence-electron chi connectivity index (χ3n) is 2.84. The normalized spacial score (nSPS) is 14.2. The second-order valence-corrected chi connectivity index (χ2v) is 6.07. The summed E-state index contributed by atoms with van der Waals surface area (Å²) in [5, 5.41) is 11.3. The fourth-order valence-electron chi connectivity index (χ4n) is 1.57. The molecule has 0 aliphatic rings. The molecule has 0 saturated carbocycles. The first-order valence-corrected chi connectivity index (χ1v) is 6.27. The predicted octanol–water partition coefficient (Wildman–Crippen LogP) is 3.25. The van der Waals surface area contributed by atoms with Gasteiger partial charge in [0.1, 0.15) is 0 Å². The van der Waals surface area contributed by atoms with Crippen LogP contribution in [0.4, 0.5) is 0 Å². The molecule has 1 N–H and O–H groups in total. The number of hydrogen-bond donors (Lipinski definition) is 1. The van der Waals surface area contributed by atoms with Gasteiger partial charge in [0.25, 0.3) is 0 Å². The van der Waals surface area contributed by atoms with E-state index in [0.717, 1.165) is 5.52 Å². The van der Waals surface area contributed by atoms with E-state index in [9.17, 15) is 5.11 Å². The van der Waals surface area contributed by atoms with Crippen LogP contribution in [0.5, 0.6) is 0 Å². The lowest BCUT2D eigenvalue weighted by atomic mass is 9.86. The predicted molar refractivity (Wildman–Crippen MR) is 68.8 cm³/mol. The first-order chi connectivity index (χ1) is 7.48. The molecule has 1 atom stereocenters. The number of aliphatic hydroxyl groups is 1. The van der Waals surface area contributed by atoms with Crippen molar-refractivity contribution < 1.29 is 5.11 Å². The highest BCUT2D eigenvalue weighted by Gasteiger charge is 2.23. The van der Waals surface area contributed by atoms with Crippen molar-refractivity contribution in [3.05, 3.63) is 29.1 Å². The fraction of sp³-hybridized carbons (Fsp3) is 0.462. The molecule has 1 unspecified atom stereocenters. The van der Waals surface area contributed by atoms with Crippen LogP contribution in [0.3, 0.4) is 0 Å². The SMILES string of the molecule is CC(C)(C)C(O)Cc1snc2ccccc12. The topological polar surface area (TPSA) is 33.1 Å². The summed E-state index contributed by atoms with van der Waals surface area (Å²) in [4.78, 5) is 1.18. The molecule has 0 fully saturated rings. The molecular weight excluding hydrogens is 218 g/mol. The quantitative estimate of drug-likeness (QED) is 0.866. The highest BCUT2D eigenvalue weighted by Crippen LogP contribution is 2.28. The molecule has 1 aromatic heterocycles. The molecule has 0 bridgehead atoms. The van der Waals surface area contributed by atoms with Gasteiger partial charge in [0.2, 0.25) is 0 Å². The number of fused-ring (bicyclic) bond motifs is 1. The number of benzene rings is 1. The van der Waals surface area contributed by atoms with Gasteiger partial charge in [0, 0.05) is 16.7 Å². The van der Waals surface area contributed by atoms with Gasteiger partial charge >= 0.3 is 0 Å². The lowest BCUT2D eigenvalue weighted by Gasteiger charge is -2.25. The molecule has 2 aromatic rings. The minimum atomic E-state index is -0.323. The molecule has 1 aromatic carbocycles. The maximum atomic E-state index is 10.1. The van der Waals surface area contributed by atoms with Crippen LogP contribution < -0.4 is 0 Å². The summed E-state index contributed by atoms with van der Waals surface area (Å²) in [6.07, 6.45) is 0.366. The maximum Gasteiger partial charge on any atom is 0.0843 e. The monoisotopic (exact) mass is 235 g/mol. The molecule has 16 heavy (non-hydrogen) atoms. The maximum absolute atomic E-state index is 10.1. The number of hydrogen-bond acceptors (Lipinski definition) is 3.